The van der Waals surface area contributed by atoms with E-state index in [4.69, 9.17) is 5.73 Å². The molecule has 1 amide bonds. The molecule has 3 N–H and O–H groups in total. The fourth-order valence-corrected chi connectivity index (χ4v) is 2.05. The number of nitrogens with two attached hydrogens (primary N) is 1. The number of aromatic nitrogens is 1. The van der Waals surface area contributed by atoms with Crippen molar-refractivity contribution >= 4 is 45.7 Å². The van der Waals surface area contributed by atoms with Crippen molar-refractivity contribution in [2.45, 2.75) is 0 Å². The molecular formula is C12H9IN4O3. The highest BCUT2D eigenvalue weighted by Crippen LogP contribution is 2.19. The highest BCUT2D eigenvalue weighted by Gasteiger charge is 2.16. The monoisotopic (exact) mass is 384 g/mol. The zero-order valence-corrected chi connectivity index (χ0v) is 12.2. The maximum atomic E-state index is 12.1. The minimum atomic E-state index is -0.630. The number of hydrogen-bond acceptors (Lipinski definition) is 5. The third kappa shape index (κ3) is 3.20. The summed E-state index contributed by atoms with van der Waals surface area (Å²) in [5.74, 6) is -0.598. The molecule has 0 bridgehead atoms. The molecule has 0 saturated carbocycles. The normalized spacial score (nSPS) is 10.1. The number of nitrogen functional groups attached to an aromatic ring is 1. The molecule has 102 valence electrons. The van der Waals surface area contributed by atoms with Gasteiger partial charge in [0.15, 0.2) is 0 Å². The lowest BCUT2D eigenvalue weighted by Crippen LogP contribution is -2.15. The Morgan fingerprint density at radius 1 is 1.40 bits per heavy atom. The summed E-state index contributed by atoms with van der Waals surface area (Å²) in [6, 6.07) is 8.23. The standard InChI is InChI=1S/C12H9IN4O3/c13-7-2-1-3-8(4-7)16-12(18)10-5-9(17(19)20)6-15-11(10)14/h1-6H,(H2,14,15)(H,16,18). The highest BCUT2D eigenvalue weighted by atomic mass is 127. The second kappa shape index (κ2) is 5.82. The first-order valence-corrected chi connectivity index (χ1v) is 6.52. The molecule has 1 aromatic carbocycles. The Morgan fingerprint density at radius 2 is 2.15 bits per heavy atom. The number of nitrogens with zero attached hydrogens (tertiary/aromatic N) is 2. The molecule has 2 rings (SSSR count). The summed E-state index contributed by atoms with van der Waals surface area (Å²) >= 11 is 2.11. The Balaban J connectivity index is 2.29. The van der Waals surface area contributed by atoms with Gasteiger partial charge in [-0.2, -0.15) is 0 Å². The molecular weight excluding hydrogens is 375 g/mol. The fourth-order valence-electron chi connectivity index (χ4n) is 1.51. The summed E-state index contributed by atoms with van der Waals surface area (Å²) in [6.45, 7) is 0. The van der Waals surface area contributed by atoms with Crippen LogP contribution in [0.1, 0.15) is 10.4 Å². The van der Waals surface area contributed by atoms with E-state index in [1.165, 1.54) is 0 Å². The van der Waals surface area contributed by atoms with E-state index in [1.807, 2.05) is 6.07 Å². The lowest BCUT2D eigenvalue weighted by atomic mass is 10.2. The number of benzene rings is 1. The first-order valence-electron chi connectivity index (χ1n) is 5.44. The molecule has 0 atom stereocenters. The summed E-state index contributed by atoms with van der Waals surface area (Å²) in [4.78, 5) is 25.8. The smallest absolute Gasteiger partial charge is 0.288 e. The molecule has 7 nitrogen and oxygen atoms in total. The van der Waals surface area contributed by atoms with E-state index >= 15 is 0 Å². The van der Waals surface area contributed by atoms with Gasteiger partial charge in [0.05, 0.1) is 10.5 Å². The minimum absolute atomic E-state index is 0.0296. The van der Waals surface area contributed by atoms with Gasteiger partial charge in [-0.25, -0.2) is 4.98 Å². The average molecular weight is 384 g/mol. The first-order chi connectivity index (χ1) is 9.47. The van der Waals surface area contributed by atoms with E-state index in [2.05, 4.69) is 32.9 Å². The fraction of sp³-hybridized carbons (Fsp3) is 0. The summed E-state index contributed by atoms with van der Waals surface area (Å²) in [7, 11) is 0. The molecule has 0 spiro atoms. The summed E-state index contributed by atoms with van der Waals surface area (Å²) in [6.07, 6.45) is 1.01. The zero-order chi connectivity index (χ0) is 14.7. The SMILES string of the molecule is Nc1ncc([N+](=O)[O-])cc1C(=O)Nc1cccc(I)c1. The molecule has 0 aliphatic heterocycles. The molecule has 0 saturated heterocycles. The van der Waals surface area contributed by atoms with Crippen LogP contribution in [-0.2, 0) is 0 Å². The minimum Gasteiger partial charge on any atom is -0.383 e. The molecule has 0 aliphatic carbocycles. The van der Waals surface area contributed by atoms with Crippen molar-refractivity contribution in [3.63, 3.8) is 0 Å². The van der Waals surface area contributed by atoms with Gasteiger partial charge in [0.1, 0.15) is 12.0 Å². The van der Waals surface area contributed by atoms with Crippen LogP contribution in [0.2, 0.25) is 0 Å². The lowest BCUT2D eigenvalue weighted by Gasteiger charge is -2.07. The highest BCUT2D eigenvalue weighted by molar-refractivity contribution is 14.1. The number of carbonyl (C=O) groups is 1. The number of nitro groups is 1. The first kappa shape index (κ1) is 14.2. The van der Waals surface area contributed by atoms with Gasteiger partial charge in [-0.15, -0.1) is 0 Å². The maximum absolute atomic E-state index is 12.1. The van der Waals surface area contributed by atoms with Crippen molar-refractivity contribution in [2.24, 2.45) is 0 Å². The Morgan fingerprint density at radius 3 is 2.80 bits per heavy atom. The van der Waals surface area contributed by atoms with Crippen LogP contribution in [-0.4, -0.2) is 15.8 Å². The predicted octanol–water partition coefficient (Wildman–Crippen LogP) is 2.43. The quantitative estimate of drug-likeness (QED) is 0.480. The second-order valence-corrected chi connectivity index (χ2v) is 5.09. The van der Waals surface area contributed by atoms with E-state index < -0.39 is 10.8 Å². The van der Waals surface area contributed by atoms with Crippen molar-refractivity contribution in [1.29, 1.82) is 0 Å². The van der Waals surface area contributed by atoms with E-state index in [0.29, 0.717) is 5.69 Å². The van der Waals surface area contributed by atoms with Crippen molar-refractivity contribution < 1.29 is 9.72 Å². The summed E-state index contributed by atoms with van der Waals surface area (Å²) in [5, 5.41) is 13.3. The van der Waals surface area contributed by atoms with Crippen LogP contribution in [0.25, 0.3) is 0 Å². The lowest BCUT2D eigenvalue weighted by molar-refractivity contribution is -0.385. The Kier molecular flexibility index (Phi) is 4.13. The largest absolute Gasteiger partial charge is 0.383 e. The Hall–Kier alpha value is -2.23. The predicted molar refractivity (Wildman–Crippen MR) is 82.4 cm³/mol. The maximum Gasteiger partial charge on any atom is 0.288 e. The van der Waals surface area contributed by atoms with Crippen LogP contribution < -0.4 is 11.1 Å². The van der Waals surface area contributed by atoms with Crippen molar-refractivity contribution in [3.8, 4) is 0 Å². The molecule has 20 heavy (non-hydrogen) atoms. The molecule has 0 unspecified atom stereocenters. The molecule has 8 heteroatoms. The molecule has 0 aliphatic rings. The van der Waals surface area contributed by atoms with E-state index in [-0.39, 0.29) is 17.1 Å². The van der Waals surface area contributed by atoms with Gasteiger partial charge in [0.25, 0.3) is 11.6 Å². The number of carbonyl (C=O) groups excluding carboxylic acids is 1. The molecule has 0 fully saturated rings. The van der Waals surface area contributed by atoms with Crippen molar-refractivity contribution in [1.82, 2.24) is 4.98 Å². The number of hydrogen-bond donors (Lipinski definition) is 2. The number of rotatable bonds is 3. The Labute approximate surface area is 127 Å². The van der Waals surface area contributed by atoms with Crippen LogP contribution in [0.3, 0.4) is 0 Å². The van der Waals surface area contributed by atoms with Gasteiger partial charge in [0, 0.05) is 15.3 Å². The van der Waals surface area contributed by atoms with Crippen LogP contribution in [0.4, 0.5) is 17.2 Å². The van der Waals surface area contributed by atoms with Crippen LogP contribution in [0.15, 0.2) is 36.5 Å². The third-order valence-electron chi connectivity index (χ3n) is 2.44. The zero-order valence-electron chi connectivity index (χ0n) is 10.0. The summed E-state index contributed by atoms with van der Waals surface area (Å²) in [5.41, 5.74) is 5.84. The molecule has 1 heterocycles. The van der Waals surface area contributed by atoms with Gasteiger partial charge in [0.2, 0.25) is 0 Å². The number of anilines is 2. The molecule has 2 aromatic rings. The van der Waals surface area contributed by atoms with Gasteiger partial charge in [-0.3, -0.25) is 14.9 Å². The second-order valence-electron chi connectivity index (χ2n) is 3.85. The number of pyridine rings is 1. The van der Waals surface area contributed by atoms with Crippen LogP contribution >= 0.6 is 22.6 Å². The van der Waals surface area contributed by atoms with Crippen LogP contribution in [0.5, 0.6) is 0 Å². The number of halogens is 1. The topological polar surface area (TPSA) is 111 Å². The number of nitrogens with one attached hydrogen (secondary N) is 1. The van der Waals surface area contributed by atoms with Gasteiger partial charge < -0.3 is 11.1 Å². The number of amides is 1. The van der Waals surface area contributed by atoms with E-state index in [9.17, 15) is 14.9 Å². The van der Waals surface area contributed by atoms with Crippen molar-refractivity contribution in [2.75, 3.05) is 11.1 Å². The summed E-state index contributed by atoms with van der Waals surface area (Å²) < 4.78 is 0.950. The van der Waals surface area contributed by atoms with E-state index in [1.54, 1.807) is 18.2 Å². The third-order valence-corrected chi connectivity index (χ3v) is 3.11. The van der Waals surface area contributed by atoms with E-state index in [0.717, 1.165) is 15.8 Å². The Bertz CT molecular complexity index is 690. The van der Waals surface area contributed by atoms with Gasteiger partial charge in [-0.1, -0.05) is 6.07 Å². The van der Waals surface area contributed by atoms with Crippen molar-refractivity contribution in [3.05, 3.63) is 55.8 Å². The van der Waals surface area contributed by atoms with Gasteiger partial charge in [-0.05, 0) is 40.8 Å². The molecule has 0 radical (unpaired) electrons. The average Bonchev–Trinajstić information content (AvgIpc) is 2.38. The van der Waals surface area contributed by atoms with Gasteiger partial charge >= 0.3 is 0 Å². The van der Waals surface area contributed by atoms with Crippen LogP contribution in [0, 0.1) is 13.7 Å². The molecule has 1 aromatic heterocycles.